The lowest BCUT2D eigenvalue weighted by Gasteiger charge is -2.21. The smallest absolute Gasteiger partial charge is 0.340 e. The third kappa shape index (κ3) is 4.10. The lowest BCUT2D eigenvalue weighted by atomic mass is 10.0. The maximum absolute atomic E-state index is 12.6. The second-order valence-electron chi connectivity index (χ2n) is 7.70. The minimum Gasteiger partial charge on any atom is -0.497 e. The molecule has 0 aliphatic heterocycles. The number of esters is 1. The van der Waals surface area contributed by atoms with Crippen molar-refractivity contribution in [1.82, 2.24) is 4.98 Å². The van der Waals surface area contributed by atoms with Gasteiger partial charge in [0, 0.05) is 23.8 Å². The highest BCUT2D eigenvalue weighted by atomic mass is 16.5. The molecule has 1 aliphatic rings. The molecule has 1 saturated carbocycles. The normalized spacial score (nSPS) is 14.6. The molecule has 1 unspecified atom stereocenters. The Morgan fingerprint density at radius 1 is 1.07 bits per heavy atom. The summed E-state index contributed by atoms with van der Waals surface area (Å²) in [4.78, 5) is 18.9. The summed E-state index contributed by atoms with van der Waals surface area (Å²) in [6, 6.07) is 16.8. The number of rotatable bonds is 7. The van der Waals surface area contributed by atoms with E-state index in [2.05, 4.69) is 12.1 Å². The maximum Gasteiger partial charge on any atom is 0.340 e. The average Bonchev–Trinajstić information content (AvgIpc) is 3.59. The summed E-state index contributed by atoms with van der Waals surface area (Å²) < 4.78 is 10.4. The van der Waals surface area contributed by atoms with Gasteiger partial charge in [0.2, 0.25) is 0 Å². The van der Waals surface area contributed by atoms with Gasteiger partial charge in [-0.1, -0.05) is 18.2 Å². The third-order valence-electron chi connectivity index (χ3n) is 5.76. The number of pyridine rings is 1. The molecule has 5 heteroatoms. The second-order valence-corrected chi connectivity index (χ2v) is 7.70. The number of benzene rings is 2. The summed E-state index contributed by atoms with van der Waals surface area (Å²) in [5.74, 6) is 0.553. The van der Waals surface area contributed by atoms with Crippen LogP contribution in [0.1, 0.15) is 40.0 Å². The Bertz CT molecular complexity index is 1030. The predicted molar refractivity (Wildman–Crippen MR) is 112 cm³/mol. The molecule has 2 aromatic carbocycles. The number of hydrogen-bond donors (Lipinski definition) is 1. The summed E-state index contributed by atoms with van der Waals surface area (Å²) in [5, 5.41) is 1.000. The van der Waals surface area contributed by atoms with Gasteiger partial charge in [0.1, 0.15) is 24.5 Å². The predicted octanol–water partition coefficient (Wildman–Crippen LogP) is 3.09. The van der Waals surface area contributed by atoms with Crippen LogP contribution >= 0.6 is 0 Å². The molecule has 150 valence electrons. The quantitative estimate of drug-likeness (QED) is 0.629. The van der Waals surface area contributed by atoms with Crippen LogP contribution in [-0.4, -0.2) is 31.2 Å². The first-order chi connectivity index (χ1) is 14.1. The summed E-state index contributed by atoms with van der Waals surface area (Å²) in [6.45, 7) is 3.58. The van der Waals surface area contributed by atoms with E-state index in [-0.39, 0.29) is 5.97 Å². The van der Waals surface area contributed by atoms with Gasteiger partial charge in [-0.15, -0.1) is 0 Å². The molecule has 1 fully saturated rings. The fraction of sp³-hybridized carbons (Fsp3) is 0.333. The Morgan fingerprint density at radius 2 is 1.79 bits per heavy atom. The first kappa shape index (κ1) is 19.4. The van der Waals surface area contributed by atoms with Crippen LogP contribution in [0.25, 0.3) is 10.9 Å². The molecular formula is C24H27N2O3+. The zero-order chi connectivity index (χ0) is 20.4. The van der Waals surface area contributed by atoms with E-state index in [1.54, 1.807) is 7.11 Å². The molecule has 1 N–H and O–H groups in total. The summed E-state index contributed by atoms with van der Waals surface area (Å²) in [7, 11) is 3.11. The van der Waals surface area contributed by atoms with Crippen LogP contribution in [0.15, 0.2) is 48.5 Å². The third-order valence-corrected chi connectivity index (χ3v) is 5.76. The Labute approximate surface area is 171 Å². The molecule has 0 bridgehead atoms. The van der Waals surface area contributed by atoms with Crippen molar-refractivity contribution in [3.05, 3.63) is 70.9 Å². The van der Waals surface area contributed by atoms with Crippen LogP contribution in [0.3, 0.4) is 0 Å². The van der Waals surface area contributed by atoms with Crippen LogP contribution < -0.4 is 9.64 Å². The van der Waals surface area contributed by atoms with Crippen molar-refractivity contribution in [2.45, 2.75) is 38.9 Å². The first-order valence-electron chi connectivity index (χ1n) is 10.0. The van der Waals surface area contributed by atoms with Crippen LogP contribution in [-0.2, 0) is 17.8 Å². The first-order valence-corrected chi connectivity index (χ1v) is 10.0. The zero-order valence-corrected chi connectivity index (χ0v) is 17.2. The standard InChI is InChI=1S/C24H26N2O3/c1-16-20-6-4-5-7-21(20)25-22(23(16)24(27)29-3)15-26(18-10-11-18)14-17-8-12-19(28-2)13-9-17/h4-9,12-13,18H,10-11,14-15H2,1-3H3/p+1. The molecule has 1 aromatic heterocycles. The van der Waals surface area contributed by atoms with Crippen LogP contribution in [0.4, 0.5) is 0 Å². The van der Waals surface area contributed by atoms with Gasteiger partial charge in [-0.2, -0.15) is 0 Å². The summed E-state index contributed by atoms with van der Waals surface area (Å²) >= 11 is 0. The van der Waals surface area contributed by atoms with E-state index in [0.717, 1.165) is 34.5 Å². The number of nitrogens with one attached hydrogen (secondary N) is 1. The van der Waals surface area contributed by atoms with E-state index < -0.39 is 0 Å². The highest BCUT2D eigenvalue weighted by Gasteiger charge is 2.35. The van der Waals surface area contributed by atoms with Crippen molar-refractivity contribution < 1.29 is 19.2 Å². The molecule has 1 atom stereocenters. The number of fused-ring (bicyclic) bond motifs is 1. The number of ether oxygens (including phenoxy) is 2. The lowest BCUT2D eigenvalue weighted by molar-refractivity contribution is -0.938. The van der Waals surface area contributed by atoms with Gasteiger partial charge in [0.25, 0.3) is 0 Å². The van der Waals surface area contributed by atoms with Crippen molar-refractivity contribution in [3.63, 3.8) is 0 Å². The average molecular weight is 391 g/mol. The van der Waals surface area contributed by atoms with E-state index in [1.165, 1.54) is 30.4 Å². The molecule has 29 heavy (non-hydrogen) atoms. The van der Waals surface area contributed by atoms with Gasteiger partial charge in [-0.3, -0.25) is 0 Å². The summed E-state index contributed by atoms with van der Waals surface area (Å²) in [5.41, 5.74) is 4.55. The number of quaternary nitrogens is 1. The Morgan fingerprint density at radius 3 is 2.45 bits per heavy atom. The minimum absolute atomic E-state index is 0.310. The van der Waals surface area contributed by atoms with Crippen molar-refractivity contribution in [2.24, 2.45) is 0 Å². The molecular weight excluding hydrogens is 364 g/mol. The highest BCUT2D eigenvalue weighted by molar-refractivity contribution is 5.98. The highest BCUT2D eigenvalue weighted by Crippen LogP contribution is 2.24. The Balaban J connectivity index is 1.69. The fourth-order valence-electron chi connectivity index (χ4n) is 4.00. The number of methoxy groups -OCH3 is 2. The molecule has 0 saturated heterocycles. The number of hydrogen-bond acceptors (Lipinski definition) is 4. The number of carbonyl (C=O) groups is 1. The van der Waals surface area contributed by atoms with Gasteiger partial charge >= 0.3 is 5.97 Å². The van der Waals surface area contributed by atoms with E-state index >= 15 is 0 Å². The van der Waals surface area contributed by atoms with E-state index in [4.69, 9.17) is 14.5 Å². The van der Waals surface area contributed by atoms with E-state index in [1.807, 2.05) is 43.3 Å². The zero-order valence-electron chi connectivity index (χ0n) is 17.2. The molecule has 4 rings (SSSR count). The number of carbonyl (C=O) groups excluding carboxylic acids is 1. The number of aromatic nitrogens is 1. The minimum atomic E-state index is -0.310. The van der Waals surface area contributed by atoms with Crippen molar-refractivity contribution in [3.8, 4) is 5.75 Å². The van der Waals surface area contributed by atoms with Crippen molar-refractivity contribution in [1.29, 1.82) is 0 Å². The molecule has 1 aliphatic carbocycles. The molecule has 3 aromatic rings. The molecule has 5 nitrogen and oxygen atoms in total. The van der Waals surface area contributed by atoms with E-state index in [0.29, 0.717) is 18.2 Å². The van der Waals surface area contributed by atoms with Gasteiger partial charge in [-0.05, 0) is 42.8 Å². The molecule has 1 heterocycles. The fourth-order valence-corrected chi connectivity index (χ4v) is 4.00. The largest absolute Gasteiger partial charge is 0.497 e. The lowest BCUT2D eigenvalue weighted by Crippen LogP contribution is -3.10. The monoisotopic (exact) mass is 391 g/mol. The number of aryl methyl sites for hydroxylation is 1. The maximum atomic E-state index is 12.6. The van der Waals surface area contributed by atoms with Gasteiger partial charge in [-0.25, -0.2) is 9.78 Å². The van der Waals surface area contributed by atoms with Crippen LogP contribution in [0.2, 0.25) is 0 Å². The Kier molecular flexibility index (Phi) is 5.49. The van der Waals surface area contributed by atoms with Crippen molar-refractivity contribution >= 4 is 16.9 Å². The van der Waals surface area contributed by atoms with Crippen molar-refractivity contribution in [2.75, 3.05) is 14.2 Å². The second kappa shape index (κ2) is 8.21. The van der Waals surface area contributed by atoms with Gasteiger partial charge in [0.15, 0.2) is 0 Å². The summed E-state index contributed by atoms with van der Waals surface area (Å²) in [6.07, 6.45) is 2.43. The van der Waals surface area contributed by atoms with Gasteiger partial charge in [0.05, 0.1) is 31.3 Å². The molecule has 0 radical (unpaired) electrons. The van der Waals surface area contributed by atoms with Gasteiger partial charge < -0.3 is 14.4 Å². The molecule has 0 amide bonds. The topological polar surface area (TPSA) is 52.9 Å². The SMILES string of the molecule is COC(=O)c1c(C[NH+](Cc2ccc(OC)cc2)C2CC2)nc2ccccc2c1C. The Hall–Kier alpha value is -2.92. The van der Waals surface area contributed by atoms with Crippen LogP contribution in [0, 0.1) is 6.92 Å². The van der Waals surface area contributed by atoms with Crippen LogP contribution in [0.5, 0.6) is 5.75 Å². The van der Waals surface area contributed by atoms with E-state index in [9.17, 15) is 4.79 Å². The number of para-hydroxylation sites is 1. The molecule has 0 spiro atoms. The number of nitrogens with zero attached hydrogens (tertiary/aromatic N) is 1.